The van der Waals surface area contributed by atoms with Gasteiger partial charge in [-0.15, -0.1) is 0 Å². The molecule has 3 N–H and O–H groups in total. The molecule has 0 heterocycles. The highest BCUT2D eigenvalue weighted by molar-refractivity contribution is 7.47. The van der Waals surface area contributed by atoms with Crippen LogP contribution in [0.5, 0.6) is 0 Å². The van der Waals surface area contributed by atoms with Crippen molar-refractivity contribution < 1.29 is 80.2 Å². The molecule has 0 aliphatic carbocycles. The molecule has 0 amide bonds. The lowest BCUT2D eigenvalue weighted by Crippen LogP contribution is -2.30. The van der Waals surface area contributed by atoms with Gasteiger partial charge in [-0.2, -0.15) is 0 Å². The Balaban J connectivity index is 5.49. The zero-order valence-electron chi connectivity index (χ0n) is 66.3. The highest BCUT2D eigenvalue weighted by Crippen LogP contribution is 2.45. The van der Waals surface area contributed by atoms with Gasteiger partial charge in [-0.1, -0.05) is 289 Å². The van der Waals surface area contributed by atoms with E-state index in [2.05, 4.69) is 143 Å². The average Bonchev–Trinajstić information content (AvgIpc) is 0.899. The zero-order valence-corrected chi connectivity index (χ0v) is 68.1. The molecule has 0 rings (SSSR count). The fourth-order valence-corrected chi connectivity index (χ4v) is 12.0. The molecule has 0 aromatic rings. The first kappa shape index (κ1) is 101. The summed E-state index contributed by atoms with van der Waals surface area (Å²) in [6, 6.07) is 0. The van der Waals surface area contributed by atoms with E-state index in [0.29, 0.717) is 38.5 Å². The lowest BCUT2D eigenvalue weighted by molar-refractivity contribution is -0.161. The number of hydrogen-bond donors (Lipinski definition) is 3. The first-order chi connectivity index (χ1) is 51.7. The van der Waals surface area contributed by atoms with Crippen LogP contribution in [-0.4, -0.2) is 96.7 Å². The number of ether oxygens (including phenoxy) is 4. The number of aliphatic hydroxyl groups is 1. The molecule has 2 unspecified atom stereocenters. The molecule has 0 saturated carbocycles. The van der Waals surface area contributed by atoms with Crippen molar-refractivity contribution in [2.75, 3.05) is 39.6 Å². The second-order valence-electron chi connectivity index (χ2n) is 27.0. The van der Waals surface area contributed by atoms with Crippen molar-refractivity contribution in [2.45, 2.75) is 341 Å². The molecule has 106 heavy (non-hydrogen) atoms. The third-order valence-electron chi connectivity index (χ3n) is 16.8. The summed E-state index contributed by atoms with van der Waals surface area (Å²) in [6.07, 6.45) is 89.9. The third kappa shape index (κ3) is 77.1. The first-order valence-corrected chi connectivity index (χ1v) is 44.1. The number of aliphatic hydroxyl groups excluding tert-OH is 1. The zero-order chi connectivity index (χ0) is 77.4. The summed E-state index contributed by atoms with van der Waals surface area (Å²) in [5.41, 5.74) is 0. The molecule has 0 aromatic carbocycles. The molecule has 0 bridgehead atoms. The van der Waals surface area contributed by atoms with Crippen molar-refractivity contribution in [2.24, 2.45) is 0 Å². The highest BCUT2D eigenvalue weighted by atomic mass is 31.2. The standard InChI is InChI=1S/C87H146O17P2/c1-5-9-13-17-21-25-29-33-36-38-40-42-45-49-52-56-60-64-68-72-85(90)98-77-82(103-86(91)73-69-65-61-57-53-47-32-28-24-20-16-12-8-4)79-101-105(93,94)99-75-81(88)76-100-106(95,96)102-80-83(78-97-84(89)71-67-63-59-55-51-48-44-35-31-27-23-19-15-11-7-3)104-87(92)74-70-66-62-58-54-50-46-43-41-39-37-34-30-26-22-18-14-10-6-2/h21-22,25-28,31-34,36-37,40-43,49-50,52,54,60,62,64,66,81-83,88H,5-20,23-24,29-30,35,38-39,44-48,51,53,55-59,61,63,65,67-80H2,1-4H3,(H,93,94)(H,95,96)/b25-21-,26-22-,31-27-,32-28-,36-33-,37-34-,42-40-,43-41-,52-49-,54-50-,64-60-,66-62-/t81-,82-,83-/m1/s1. The van der Waals surface area contributed by atoms with E-state index in [4.69, 9.17) is 37.0 Å². The van der Waals surface area contributed by atoms with Gasteiger partial charge in [0.2, 0.25) is 0 Å². The Hall–Kier alpha value is -5.06. The Bertz CT molecular complexity index is 2580. The monoisotopic (exact) mass is 1530 g/mol. The third-order valence-corrected chi connectivity index (χ3v) is 18.7. The fraction of sp³-hybridized carbons (Fsp3) is 0.678. The Morgan fingerprint density at radius 1 is 0.264 bits per heavy atom. The smallest absolute Gasteiger partial charge is 0.462 e. The van der Waals surface area contributed by atoms with Crippen LogP contribution >= 0.6 is 15.6 Å². The maximum atomic E-state index is 13.1. The SMILES string of the molecule is CCCCC/C=C\C/C=C\C/C=C\C/C=C\C/C=C\CCC(=O)OC[C@H](COP(=O)(O)OC[C@@H](O)COP(=O)(O)OC[C@@H](COC(=O)CCCCCCCCC/C=C\CCCCCC)OC(=O)CC/C=C\C/C=C\C/C=C\C/C=C\C/C=C\CCCCC)OC(=O)CCCCCCC/C=C\CCCCCC. The van der Waals surface area contributed by atoms with Gasteiger partial charge in [-0.3, -0.25) is 37.3 Å². The summed E-state index contributed by atoms with van der Waals surface area (Å²) >= 11 is 0. The van der Waals surface area contributed by atoms with E-state index in [1.807, 2.05) is 30.4 Å². The van der Waals surface area contributed by atoms with Crippen LogP contribution < -0.4 is 0 Å². The van der Waals surface area contributed by atoms with Crippen molar-refractivity contribution in [3.8, 4) is 0 Å². The lowest BCUT2D eigenvalue weighted by Gasteiger charge is -2.21. The normalized spacial score (nSPS) is 14.6. The van der Waals surface area contributed by atoms with Crippen LogP contribution in [0.2, 0.25) is 0 Å². The molecule has 0 saturated heterocycles. The number of phosphoric ester groups is 2. The Labute approximate surface area is 643 Å². The Morgan fingerprint density at radius 2 is 0.481 bits per heavy atom. The van der Waals surface area contributed by atoms with Crippen LogP contribution in [0.3, 0.4) is 0 Å². The van der Waals surface area contributed by atoms with E-state index in [1.54, 1.807) is 0 Å². The van der Waals surface area contributed by atoms with Gasteiger partial charge in [0, 0.05) is 25.7 Å². The minimum absolute atomic E-state index is 0.0316. The topological polar surface area (TPSA) is 237 Å². The van der Waals surface area contributed by atoms with Crippen LogP contribution in [0.25, 0.3) is 0 Å². The molecule has 17 nitrogen and oxygen atoms in total. The van der Waals surface area contributed by atoms with Crippen LogP contribution in [0.1, 0.15) is 323 Å². The van der Waals surface area contributed by atoms with Crippen LogP contribution in [0, 0.1) is 0 Å². The van der Waals surface area contributed by atoms with Gasteiger partial charge in [-0.05, 0) is 154 Å². The second kappa shape index (κ2) is 78.1. The van der Waals surface area contributed by atoms with E-state index in [1.165, 1.54) is 89.9 Å². The molecule has 0 fully saturated rings. The number of hydrogen-bond acceptors (Lipinski definition) is 15. The molecular weight excluding hydrogens is 1380 g/mol. The number of esters is 4. The number of carbonyl (C=O) groups excluding carboxylic acids is 4. The number of unbranched alkanes of at least 4 members (excludes halogenated alkanes) is 26. The Morgan fingerprint density at radius 3 is 0.811 bits per heavy atom. The molecule has 19 heteroatoms. The minimum atomic E-state index is -5.01. The number of phosphoric acid groups is 2. The minimum Gasteiger partial charge on any atom is -0.462 e. The van der Waals surface area contributed by atoms with Crippen molar-refractivity contribution >= 4 is 39.5 Å². The molecule has 0 spiro atoms. The lowest BCUT2D eigenvalue weighted by atomic mass is 10.1. The van der Waals surface area contributed by atoms with E-state index >= 15 is 0 Å². The van der Waals surface area contributed by atoms with Crippen LogP contribution in [0.15, 0.2) is 146 Å². The van der Waals surface area contributed by atoms with E-state index in [0.717, 1.165) is 141 Å². The summed E-state index contributed by atoms with van der Waals surface area (Å²) in [6.45, 7) is 4.62. The van der Waals surface area contributed by atoms with Crippen LogP contribution in [-0.2, 0) is 65.4 Å². The average molecular weight is 1530 g/mol. The van der Waals surface area contributed by atoms with Gasteiger partial charge >= 0.3 is 39.5 Å². The van der Waals surface area contributed by atoms with E-state index < -0.39 is 97.5 Å². The molecule has 0 aromatic heterocycles. The van der Waals surface area contributed by atoms with E-state index in [-0.39, 0.29) is 25.7 Å². The second-order valence-corrected chi connectivity index (χ2v) is 29.9. The van der Waals surface area contributed by atoms with Gasteiger partial charge in [-0.25, -0.2) is 9.13 Å². The predicted molar refractivity (Wildman–Crippen MR) is 436 cm³/mol. The molecule has 0 aliphatic heterocycles. The maximum absolute atomic E-state index is 13.1. The molecular formula is C87H146O17P2. The molecule has 0 aliphatic rings. The van der Waals surface area contributed by atoms with Crippen molar-refractivity contribution in [1.82, 2.24) is 0 Å². The maximum Gasteiger partial charge on any atom is 0.472 e. The summed E-state index contributed by atoms with van der Waals surface area (Å²) in [4.78, 5) is 73.0. The molecule has 606 valence electrons. The predicted octanol–water partition coefficient (Wildman–Crippen LogP) is 24.2. The Kier molecular flexibility index (Phi) is 74.3. The van der Waals surface area contributed by atoms with Gasteiger partial charge in [0.15, 0.2) is 12.2 Å². The quantitative estimate of drug-likeness (QED) is 0.0169. The summed E-state index contributed by atoms with van der Waals surface area (Å²) in [5.74, 6) is -2.38. The first-order valence-electron chi connectivity index (χ1n) is 41.1. The van der Waals surface area contributed by atoms with Gasteiger partial charge < -0.3 is 33.8 Å². The van der Waals surface area contributed by atoms with Crippen LogP contribution in [0.4, 0.5) is 0 Å². The number of rotatable bonds is 76. The fourth-order valence-electron chi connectivity index (χ4n) is 10.5. The largest absolute Gasteiger partial charge is 0.472 e. The summed E-state index contributed by atoms with van der Waals surface area (Å²) in [7, 11) is -10.0. The summed E-state index contributed by atoms with van der Waals surface area (Å²) in [5, 5.41) is 10.6. The molecule has 5 atom stereocenters. The number of allylic oxidation sites excluding steroid dienone is 24. The molecule has 0 radical (unpaired) electrons. The van der Waals surface area contributed by atoms with Gasteiger partial charge in [0.05, 0.1) is 26.4 Å². The number of carbonyl (C=O) groups is 4. The van der Waals surface area contributed by atoms with Crippen molar-refractivity contribution in [3.05, 3.63) is 146 Å². The van der Waals surface area contributed by atoms with Gasteiger partial charge in [0.1, 0.15) is 19.3 Å². The van der Waals surface area contributed by atoms with Crippen molar-refractivity contribution in [1.29, 1.82) is 0 Å². The highest BCUT2D eigenvalue weighted by Gasteiger charge is 2.30. The van der Waals surface area contributed by atoms with E-state index in [9.17, 15) is 43.2 Å². The van der Waals surface area contributed by atoms with Crippen molar-refractivity contribution in [3.63, 3.8) is 0 Å². The van der Waals surface area contributed by atoms with Gasteiger partial charge in [0.25, 0.3) is 0 Å². The summed E-state index contributed by atoms with van der Waals surface area (Å²) < 4.78 is 68.5.